The van der Waals surface area contributed by atoms with Gasteiger partial charge in [0.1, 0.15) is 11.3 Å². The first kappa shape index (κ1) is 15.3. The number of aromatic amines is 1. The highest BCUT2D eigenvalue weighted by Gasteiger charge is 2.43. The molecule has 0 saturated carbocycles. The van der Waals surface area contributed by atoms with E-state index < -0.39 is 45.4 Å². The van der Waals surface area contributed by atoms with Gasteiger partial charge in [0.05, 0.1) is 10.5 Å². The number of rotatable bonds is 3. The van der Waals surface area contributed by atoms with Crippen molar-refractivity contribution in [3.8, 4) is 0 Å². The van der Waals surface area contributed by atoms with Gasteiger partial charge in [0, 0.05) is 11.5 Å². The molecule has 0 aliphatic rings. The van der Waals surface area contributed by atoms with Gasteiger partial charge in [-0.05, 0) is 0 Å². The van der Waals surface area contributed by atoms with Crippen LogP contribution in [-0.2, 0) is 0 Å². The molecule has 0 bridgehead atoms. The van der Waals surface area contributed by atoms with Crippen molar-refractivity contribution in [1.29, 1.82) is 0 Å². The van der Waals surface area contributed by atoms with Crippen molar-refractivity contribution >= 4 is 34.3 Å². The number of halogens is 3. The monoisotopic (exact) mass is 317 g/mol. The van der Waals surface area contributed by atoms with Gasteiger partial charge in [-0.15, -0.1) is 0 Å². The minimum absolute atomic E-state index is 0.385. The summed E-state index contributed by atoms with van der Waals surface area (Å²) >= 11 is 0. The van der Waals surface area contributed by atoms with Crippen LogP contribution in [0.25, 0.3) is 10.9 Å². The standard InChI is InChI=1S/C11H6F3N3O5/c12-11(13,14)8(18)6-4-2-1-3-5(17(21)22)7(4)15-9(6)16-10(19)20/h1-3,15-16H,(H,19,20). The third kappa shape index (κ3) is 2.55. The summed E-state index contributed by atoms with van der Waals surface area (Å²) in [5.41, 5.74) is -2.00. The van der Waals surface area contributed by atoms with Gasteiger partial charge in [0.25, 0.3) is 11.5 Å². The minimum Gasteiger partial charge on any atom is -0.465 e. The molecule has 11 heteroatoms. The fourth-order valence-corrected chi connectivity index (χ4v) is 1.93. The number of H-pyrrole nitrogens is 1. The fraction of sp³-hybridized carbons (Fsp3) is 0.0909. The van der Waals surface area contributed by atoms with Gasteiger partial charge in [-0.1, -0.05) is 12.1 Å². The maximum Gasteiger partial charge on any atom is 0.455 e. The van der Waals surface area contributed by atoms with Gasteiger partial charge in [-0.3, -0.25) is 20.2 Å². The Bertz CT molecular complexity index is 796. The number of ketones is 1. The maximum atomic E-state index is 12.6. The summed E-state index contributed by atoms with van der Waals surface area (Å²) in [7, 11) is 0. The van der Waals surface area contributed by atoms with Crippen LogP contribution in [0.5, 0.6) is 0 Å². The quantitative estimate of drug-likeness (QED) is 0.456. The Kier molecular flexibility index (Phi) is 3.49. The average molecular weight is 317 g/mol. The van der Waals surface area contributed by atoms with Crippen LogP contribution in [0.15, 0.2) is 18.2 Å². The molecule has 2 rings (SSSR count). The second-order valence-corrected chi connectivity index (χ2v) is 4.09. The number of fused-ring (bicyclic) bond motifs is 1. The number of hydrogen-bond acceptors (Lipinski definition) is 4. The summed E-state index contributed by atoms with van der Waals surface area (Å²) in [6.45, 7) is 0. The van der Waals surface area contributed by atoms with Crippen molar-refractivity contribution < 1.29 is 32.8 Å². The van der Waals surface area contributed by atoms with Gasteiger partial charge < -0.3 is 10.1 Å². The van der Waals surface area contributed by atoms with Crippen LogP contribution in [0.2, 0.25) is 0 Å². The molecule has 22 heavy (non-hydrogen) atoms. The Balaban J connectivity index is 2.81. The smallest absolute Gasteiger partial charge is 0.455 e. The fourth-order valence-electron chi connectivity index (χ4n) is 1.93. The molecule has 2 aromatic rings. The van der Waals surface area contributed by atoms with Crippen molar-refractivity contribution in [2.24, 2.45) is 0 Å². The van der Waals surface area contributed by atoms with Gasteiger partial charge in [0.15, 0.2) is 0 Å². The van der Waals surface area contributed by atoms with E-state index in [9.17, 15) is 32.9 Å². The molecule has 0 spiro atoms. The largest absolute Gasteiger partial charge is 0.465 e. The van der Waals surface area contributed by atoms with Crippen LogP contribution >= 0.6 is 0 Å². The highest BCUT2D eigenvalue weighted by Crippen LogP contribution is 2.36. The first-order valence-corrected chi connectivity index (χ1v) is 5.53. The normalized spacial score (nSPS) is 11.4. The summed E-state index contributed by atoms with van der Waals surface area (Å²) in [4.78, 5) is 34.2. The summed E-state index contributed by atoms with van der Waals surface area (Å²) in [5, 5.41) is 20.7. The van der Waals surface area contributed by atoms with E-state index in [0.717, 1.165) is 18.2 Å². The number of nitrogens with zero attached hydrogens (tertiary/aromatic N) is 1. The number of alkyl halides is 3. The molecule has 8 nitrogen and oxygen atoms in total. The second-order valence-electron chi connectivity index (χ2n) is 4.09. The van der Waals surface area contributed by atoms with Crippen molar-refractivity contribution in [1.82, 2.24) is 4.98 Å². The molecule has 0 atom stereocenters. The molecular weight excluding hydrogens is 311 g/mol. The zero-order valence-electron chi connectivity index (χ0n) is 10.4. The number of benzene rings is 1. The van der Waals surface area contributed by atoms with Crippen molar-refractivity contribution in [3.63, 3.8) is 0 Å². The number of nitro benzene ring substituents is 1. The molecule has 1 aromatic carbocycles. The van der Waals surface area contributed by atoms with E-state index >= 15 is 0 Å². The number of nitro groups is 1. The predicted molar refractivity (Wildman–Crippen MR) is 67.0 cm³/mol. The molecule has 0 aliphatic carbocycles. The number of carboxylic acid groups (broad SMARTS) is 1. The maximum absolute atomic E-state index is 12.6. The Labute approximate surface area is 118 Å². The van der Waals surface area contributed by atoms with Crippen LogP contribution in [-0.4, -0.2) is 33.1 Å². The lowest BCUT2D eigenvalue weighted by Crippen LogP contribution is -2.24. The Morgan fingerprint density at radius 3 is 2.45 bits per heavy atom. The number of Topliss-reactive ketones (excluding diaryl/α,β-unsaturated/α-hetero) is 1. The number of aromatic nitrogens is 1. The van der Waals surface area contributed by atoms with E-state index in [1.165, 1.54) is 0 Å². The molecular formula is C11H6F3N3O5. The van der Waals surface area contributed by atoms with E-state index in [1.807, 2.05) is 0 Å². The lowest BCUT2D eigenvalue weighted by atomic mass is 10.1. The molecule has 0 aliphatic heterocycles. The van der Waals surface area contributed by atoms with Crippen LogP contribution in [0.3, 0.4) is 0 Å². The average Bonchev–Trinajstić information content (AvgIpc) is 2.72. The molecule has 1 amide bonds. The molecule has 0 unspecified atom stereocenters. The van der Waals surface area contributed by atoms with E-state index in [0.29, 0.717) is 0 Å². The Hall–Kier alpha value is -3.11. The first-order chi connectivity index (χ1) is 10.1. The molecule has 3 N–H and O–H groups in total. The minimum atomic E-state index is -5.27. The predicted octanol–water partition coefficient (Wildman–Crippen LogP) is 2.91. The molecule has 116 valence electrons. The molecule has 1 aromatic heterocycles. The summed E-state index contributed by atoms with van der Waals surface area (Å²) in [6.07, 6.45) is -7.00. The molecule has 0 fully saturated rings. The third-order valence-electron chi connectivity index (χ3n) is 2.72. The molecule has 0 radical (unpaired) electrons. The number of nitrogens with one attached hydrogen (secondary N) is 2. The van der Waals surface area contributed by atoms with E-state index in [2.05, 4.69) is 4.98 Å². The van der Waals surface area contributed by atoms with Crippen LogP contribution in [0.4, 0.5) is 29.5 Å². The number of hydrogen-bond donors (Lipinski definition) is 3. The number of para-hydroxylation sites is 1. The number of non-ortho nitro benzene ring substituents is 1. The Morgan fingerprint density at radius 1 is 1.32 bits per heavy atom. The highest BCUT2D eigenvalue weighted by molar-refractivity contribution is 6.17. The number of carbonyl (C=O) groups excluding carboxylic acids is 1. The summed E-state index contributed by atoms with van der Waals surface area (Å²) in [6, 6.07) is 3.14. The third-order valence-corrected chi connectivity index (χ3v) is 2.72. The first-order valence-electron chi connectivity index (χ1n) is 5.53. The zero-order chi connectivity index (χ0) is 16.7. The summed E-state index contributed by atoms with van der Waals surface area (Å²) in [5.74, 6) is -3.10. The van der Waals surface area contributed by atoms with Crippen LogP contribution in [0.1, 0.15) is 10.4 Å². The van der Waals surface area contributed by atoms with Crippen molar-refractivity contribution in [2.45, 2.75) is 6.18 Å². The van der Waals surface area contributed by atoms with Gasteiger partial charge >= 0.3 is 12.3 Å². The van der Waals surface area contributed by atoms with E-state index in [-0.39, 0.29) is 5.52 Å². The summed E-state index contributed by atoms with van der Waals surface area (Å²) < 4.78 is 37.9. The van der Waals surface area contributed by atoms with Crippen LogP contribution in [0, 0.1) is 10.1 Å². The molecule has 1 heterocycles. The van der Waals surface area contributed by atoms with E-state index in [1.54, 1.807) is 5.32 Å². The topological polar surface area (TPSA) is 125 Å². The van der Waals surface area contributed by atoms with Crippen molar-refractivity contribution in [3.05, 3.63) is 33.9 Å². The number of anilines is 1. The lowest BCUT2D eigenvalue weighted by molar-refractivity contribution is -0.383. The molecule has 0 saturated heterocycles. The van der Waals surface area contributed by atoms with Crippen molar-refractivity contribution in [2.75, 3.05) is 5.32 Å². The number of amides is 1. The second kappa shape index (κ2) is 5.02. The van der Waals surface area contributed by atoms with Gasteiger partial charge in [0.2, 0.25) is 0 Å². The zero-order valence-corrected chi connectivity index (χ0v) is 10.4. The lowest BCUT2D eigenvalue weighted by Gasteiger charge is -2.06. The van der Waals surface area contributed by atoms with Gasteiger partial charge in [-0.2, -0.15) is 13.2 Å². The number of carbonyl (C=O) groups is 2. The van der Waals surface area contributed by atoms with E-state index in [4.69, 9.17) is 5.11 Å². The van der Waals surface area contributed by atoms with Gasteiger partial charge in [-0.25, -0.2) is 4.79 Å². The van der Waals surface area contributed by atoms with Crippen LogP contribution < -0.4 is 5.32 Å². The SMILES string of the molecule is O=C(O)Nc1[nH]c2c([N+](=O)[O-])cccc2c1C(=O)C(F)(F)F. The Morgan fingerprint density at radius 2 is 1.95 bits per heavy atom. The highest BCUT2D eigenvalue weighted by atomic mass is 19.4.